The molecule has 1 aromatic heterocycles. The molecule has 0 aliphatic carbocycles. The first-order valence-corrected chi connectivity index (χ1v) is 12.8. The van der Waals surface area contributed by atoms with Gasteiger partial charge in [0.15, 0.2) is 5.43 Å². The van der Waals surface area contributed by atoms with Gasteiger partial charge in [-0.25, -0.2) is 4.79 Å². The standard InChI is InChI=1S/C32H26ClNO5/c1-37-26-14-12-23(13-15-26)30-28(19-34-32(36)38-20-22-10-6-3-7-11-22)29(35)27-18-25(33)17-24(31(27)39-30)16-21-8-4-2-5-9-21/h2-15,17-18H,16,19-20H2,1H3,(H,34,36). The second kappa shape index (κ2) is 11.9. The first-order valence-electron chi connectivity index (χ1n) is 12.4. The third-order valence-corrected chi connectivity index (χ3v) is 6.56. The highest BCUT2D eigenvalue weighted by atomic mass is 35.5. The number of hydrogen-bond donors (Lipinski definition) is 1. The van der Waals surface area contributed by atoms with Crippen molar-refractivity contribution in [2.75, 3.05) is 7.11 Å². The second-order valence-electron chi connectivity index (χ2n) is 8.99. The normalized spacial score (nSPS) is 10.8. The molecule has 1 heterocycles. The number of ether oxygens (including phenoxy) is 2. The summed E-state index contributed by atoms with van der Waals surface area (Å²) in [5.41, 5.74) is 3.84. The fourth-order valence-corrected chi connectivity index (χ4v) is 4.63. The SMILES string of the molecule is COc1ccc(-c2oc3c(Cc4ccccc4)cc(Cl)cc3c(=O)c2CNC(=O)OCc2ccccc2)cc1. The Morgan fingerprint density at radius 2 is 1.56 bits per heavy atom. The predicted molar refractivity (Wildman–Crippen MR) is 152 cm³/mol. The van der Waals surface area contributed by atoms with Crippen molar-refractivity contribution in [1.29, 1.82) is 0 Å². The van der Waals surface area contributed by atoms with Gasteiger partial charge in [0.05, 0.1) is 24.6 Å². The number of hydrogen-bond acceptors (Lipinski definition) is 5. The van der Waals surface area contributed by atoms with Crippen LogP contribution in [-0.2, 0) is 24.3 Å². The Morgan fingerprint density at radius 3 is 2.23 bits per heavy atom. The lowest BCUT2D eigenvalue weighted by Crippen LogP contribution is -2.27. The number of alkyl carbamates (subject to hydrolysis) is 1. The molecule has 5 aromatic rings. The van der Waals surface area contributed by atoms with Crippen molar-refractivity contribution in [3.8, 4) is 17.1 Å². The number of fused-ring (bicyclic) bond motifs is 1. The molecule has 0 spiro atoms. The number of carbonyl (C=O) groups excluding carboxylic acids is 1. The summed E-state index contributed by atoms with van der Waals surface area (Å²) >= 11 is 6.45. The summed E-state index contributed by atoms with van der Waals surface area (Å²) in [7, 11) is 1.58. The minimum Gasteiger partial charge on any atom is -0.497 e. The highest BCUT2D eigenvalue weighted by Gasteiger charge is 2.20. The average Bonchev–Trinajstić information content (AvgIpc) is 2.97. The van der Waals surface area contributed by atoms with Crippen LogP contribution in [0, 0.1) is 0 Å². The summed E-state index contributed by atoms with van der Waals surface area (Å²) < 4.78 is 17.1. The molecule has 1 amide bonds. The first-order chi connectivity index (χ1) is 19.0. The Bertz CT molecular complexity index is 1650. The molecule has 1 N–H and O–H groups in total. The van der Waals surface area contributed by atoms with Gasteiger partial charge in [-0.15, -0.1) is 0 Å². The summed E-state index contributed by atoms with van der Waals surface area (Å²) in [4.78, 5) is 26.4. The minimum absolute atomic E-state index is 0.0895. The number of methoxy groups -OCH3 is 1. The highest BCUT2D eigenvalue weighted by Crippen LogP contribution is 2.31. The zero-order valence-corrected chi connectivity index (χ0v) is 22.0. The molecule has 0 bridgehead atoms. The number of carbonyl (C=O) groups is 1. The molecular weight excluding hydrogens is 514 g/mol. The third kappa shape index (κ3) is 6.13. The lowest BCUT2D eigenvalue weighted by molar-refractivity contribution is 0.139. The fourth-order valence-electron chi connectivity index (χ4n) is 4.39. The van der Waals surface area contributed by atoms with Crippen LogP contribution in [-0.4, -0.2) is 13.2 Å². The Hall–Kier alpha value is -4.55. The van der Waals surface area contributed by atoms with Crippen molar-refractivity contribution >= 4 is 28.7 Å². The van der Waals surface area contributed by atoms with Crippen molar-refractivity contribution < 1.29 is 18.7 Å². The number of halogens is 1. The molecule has 0 radical (unpaired) electrons. The van der Waals surface area contributed by atoms with Gasteiger partial charge < -0.3 is 19.2 Å². The fraction of sp³-hybridized carbons (Fsp3) is 0.125. The molecule has 0 saturated heterocycles. The molecule has 0 fully saturated rings. The number of benzene rings is 4. The quantitative estimate of drug-likeness (QED) is 0.227. The monoisotopic (exact) mass is 539 g/mol. The molecule has 0 atom stereocenters. The maximum absolute atomic E-state index is 13.9. The number of rotatable bonds is 8. The van der Waals surface area contributed by atoms with Gasteiger partial charge in [0, 0.05) is 22.6 Å². The van der Waals surface area contributed by atoms with Crippen molar-refractivity contribution in [1.82, 2.24) is 5.32 Å². The molecule has 0 saturated carbocycles. The first kappa shape index (κ1) is 26.1. The maximum Gasteiger partial charge on any atom is 0.407 e. The molecular formula is C32H26ClNO5. The molecule has 0 unspecified atom stereocenters. The van der Waals surface area contributed by atoms with E-state index in [2.05, 4.69) is 5.32 Å². The second-order valence-corrected chi connectivity index (χ2v) is 9.42. The van der Waals surface area contributed by atoms with Gasteiger partial charge in [0.25, 0.3) is 0 Å². The van der Waals surface area contributed by atoms with E-state index in [1.165, 1.54) is 0 Å². The zero-order chi connectivity index (χ0) is 27.2. The Labute approximate surface area is 230 Å². The van der Waals surface area contributed by atoms with Crippen LogP contribution in [0.15, 0.2) is 106 Å². The topological polar surface area (TPSA) is 77.8 Å². The van der Waals surface area contributed by atoms with Gasteiger partial charge in [-0.1, -0.05) is 72.3 Å². The molecule has 196 valence electrons. The number of amides is 1. The summed E-state index contributed by atoms with van der Waals surface area (Å²) in [6, 6.07) is 29.9. The largest absolute Gasteiger partial charge is 0.497 e. The van der Waals surface area contributed by atoms with Gasteiger partial charge in [-0.3, -0.25) is 4.79 Å². The Morgan fingerprint density at radius 1 is 0.897 bits per heavy atom. The van der Waals surface area contributed by atoms with Crippen molar-refractivity contribution in [2.45, 2.75) is 19.6 Å². The Balaban J connectivity index is 1.53. The minimum atomic E-state index is -0.644. The molecule has 0 aliphatic rings. The smallest absolute Gasteiger partial charge is 0.407 e. The Kier molecular flexibility index (Phi) is 7.94. The zero-order valence-electron chi connectivity index (χ0n) is 21.3. The summed E-state index contributed by atoms with van der Waals surface area (Å²) in [5, 5.41) is 3.47. The van der Waals surface area contributed by atoms with Crippen LogP contribution in [0.4, 0.5) is 4.79 Å². The van der Waals surface area contributed by atoms with Gasteiger partial charge in [0.1, 0.15) is 23.7 Å². The molecule has 39 heavy (non-hydrogen) atoms. The van der Waals surface area contributed by atoms with E-state index in [-0.39, 0.29) is 24.1 Å². The van der Waals surface area contributed by atoms with Gasteiger partial charge >= 0.3 is 6.09 Å². The van der Waals surface area contributed by atoms with Crippen LogP contribution in [0.5, 0.6) is 5.75 Å². The molecule has 6 nitrogen and oxygen atoms in total. The molecule has 5 rings (SSSR count). The van der Waals surface area contributed by atoms with E-state index in [1.54, 1.807) is 25.3 Å². The van der Waals surface area contributed by atoms with Gasteiger partial charge in [-0.05, 0) is 47.5 Å². The van der Waals surface area contributed by atoms with E-state index in [0.717, 1.165) is 16.7 Å². The van der Waals surface area contributed by atoms with Crippen LogP contribution < -0.4 is 15.5 Å². The van der Waals surface area contributed by atoms with E-state index >= 15 is 0 Å². The maximum atomic E-state index is 13.9. The van der Waals surface area contributed by atoms with Crippen LogP contribution >= 0.6 is 11.6 Å². The van der Waals surface area contributed by atoms with E-state index in [1.807, 2.05) is 78.9 Å². The number of nitrogens with one attached hydrogen (secondary N) is 1. The molecule has 7 heteroatoms. The predicted octanol–water partition coefficient (Wildman–Crippen LogP) is 7.14. The summed E-state index contributed by atoms with van der Waals surface area (Å²) in [6.45, 7) is 0.0244. The van der Waals surface area contributed by atoms with E-state index in [4.69, 9.17) is 25.5 Å². The van der Waals surface area contributed by atoms with Gasteiger partial charge in [0.2, 0.25) is 0 Å². The molecule has 0 aliphatic heterocycles. The summed E-state index contributed by atoms with van der Waals surface area (Å²) in [5.74, 6) is 1.03. The van der Waals surface area contributed by atoms with Crippen LogP contribution in [0.2, 0.25) is 5.02 Å². The van der Waals surface area contributed by atoms with Crippen molar-refractivity contribution in [3.63, 3.8) is 0 Å². The highest BCUT2D eigenvalue weighted by molar-refractivity contribution is 6.31. The van der Waals surface area contributed by atoms with Crippen molar-refractivity contribution in [3.05, 3.63) is 135 Å². The molecule has 4 aromatic carbocycles. The third-order valence-electron chi connectivity index (χ3n) is 6.34. The van der Waals surface area contributed by atoms with Crippen LogP contribution in [0.25, 0.3) is 22.3 Å². The lowest BCUT2D eigenvalue weighted by atomic mass is 9.99. The van der Waals surface area contributed by atoms with E-state index in [0.29, 0.717) is 39.5 Å². The summed E-state index contributed by atoms with van der Waals surface area (Å²) in [6.07, 6.45) is -0.110. The van der Waals surface area contributed by atoms with Crippen LogP contribution in [0.3, 0.4) is 0 Å². The van der Waals surface area contributed by atoms with Gasteiger partial charge in [-0.2, -0.15) is 0 Å². The lowest BCUT2D eigenvalue weighted by Gasteiger charge is -2.14. The van der Waals surface area contributed by atoms with Crippen molar-refractivity contribution in [2.24, 2.45) is 0 Å². The average molecular weight is 540 g/mol. The van der Waals surface area contributed by atoms with E-state index in [9.17, 15) is 9.59 Å². The van der Waals surface area contributed by atoms with E-state index < -0.39 is 6.09 Å². The van der Waals surface area contributed by atoms with Crippen LogP contribution in [0.1, 0.15) is 22.3 Å².